The number of pyridine rings is 1. The molecule has 1 fully saturated rings. The van der Waals surface area contributed by atoms with E-state index in [-0.39, 0.29) is 5.91 Å². The highest BCUT2D eigenvalue weighted by molar-refractivity contribution is 6.00. The molecule has 0 atom stereocenters. The number of hydrogen-bond acceptors (Lipinski definition) is 6. The normalized spacial score (nSPS) is 14.4. The van der Waals surface area contributed by atoms with Crippen molar-refractivity contribution in [2.24, 2.45) is 0 Å². The van der Waals surface area contributed by atoms with Crippen LogP contribution < -0.4 is 14.8 Å². The highest BCUT2D eigenvalue weighted by Crippen LogP contribution is 2.32. The lowest BCUT2D eigenvalue weighted by atomic mass is 10.1. The Hall–Kier alpha value is -3.13. The molecule has 0 saturated carbocycles. The van der Waals surface area contributed by atoms with E-state index >= 15 is 0 Å². The second-order valence-corrected chi connectivity index (χ2v) is 6.21. The number of rotatable bonds is 4. The fourth-order valence-electron chi connectivity index (χ4n) is 3.34. The number of carbonyl (C=O) groups excluding carboxylic acids is 1. The molecule has 8 heteroatoms. The van der Waals surface area contributed by atoms with Crippen molar-refractivity contribution in [3.8, 4) is 23.0 Å². The molecular weight excluding hydrogens is 346 g/mol. The van der Waals surface area contributed by atoms with Gasteiger partial charge in [-0.3, -0.25) is 4.79 Å². The Morgan fingerprint density at radius 1 is 1.04 bits per heavy atom. The van der Waals surface area contributed by atoms with E-state index in [1.54, 1.807) is 30.8 Å². The van der Waals surface area contributed by atoms with E-state index in [9.17, 15) is 4.79 Å². The SMILES string of the molecule is COc1ccccc1-c1nnc2c(C(=O)N3CCNCC3)ccc(OC)n12. The lowest BCUT2D eigenvalue weighted by Crippen LogP contribution is -2.46. The summed E-state index contributed by atoms with van der Waals surface area (Å²) in [6.45, 7) is 2.92. The number of aromatic nitrogens is 3. The van der Waals surface area contributed by atoms with Crippen LogP contribution in [0.5, 0.6) is 11.6 Å². The van der Waals surface area contributed by atoms with Gasteiger partial charge in [-0.15, -0.1) is 10.2 Å². The van der Waals surface area contributed by atoms with E-state index in [2.05, 4.69) is 15.5 Å². The maximum absolute atomic E-state index is 13.0. The number of para-hydroxylation sites is 1. The second-order valence-electron chi connectivity index (χ2n) is 6.21. The summed E-state index contributed by atoms with van der Waals surface area (Å²) in [4.78, 5) is 14.9. The summed E-state index contributed by atoms with van der Waals surface area (Å²) in [7, 11) is 3.19. The third-order valence-corrected chi connectivity index (χ3v) is 4.71. The van der Waals surface area contributed by atoms with E-state index in [0.717, 1.165) is 18.7 Å². The summed E-state index contributed by atoms with van der Waals surface area (Å²) < 4.78 is 12.7. The monoisotopic (exact) mass is 367 g/mol. The minimum Gasteiger partial charge on any atom is -0.496 e. The van der Waals surface area contributed by atoms with E-state index in [1.807, 2.05) is 29.2 Å². The lowest BCUT2D eigenvalue weighted by molar-refractivity contribution is 0.0737. The Morgan fingerprint density at radius 2 is 1.81 bits per heavy atom. The predicted molar refractivity (Wildman–Crippen MR) is 100 cm³/mol. The highest BCUT2D eigenvalue weighted by atomic mass is 16.5. The van der Waals surface area contributed by atoms with Gasteiger partial charge in [0.1, 0.15) is 5.75 Å². The van der Waals surface area contributed by atoms with Crippen molar-refractivity contribution in [3.05, 3.63) is 42.0 Å². The molecule has 1 aliphatic heterocycles. The molecule has 27 heavy (non-hydrogen) atoms. The summed E-state index contributed by atoms with van der Waals surface area (Å²) in [5.41, 5.74) is 1.75. The van der Waals surface area contributed by atoms with Gasteiger partial charge in [0.25, 0.3) is 5.91 Å². The Balaban J connectivity index is 1.87. The van der Waals surface area contributed by atoms with Crippen LogP contribution in [-0.4, -0.2) is 65.8 Å². The molecule has 0 aliphatic carbocycles. The topological polar surface area (TPSA) is 81.0 Å². The maximum atomic E-state index is 13.0. The first-order chi connectivity index (χ1) is 13.2. The molecule has 0 bridgehead atoms. The van der Waals surface area contributed by atoms with Crippen LogP contribution in [0.3, 0.4) is 0 Å². The van der Waals surface area contributed by atoms with Crippen LogP contribution in [0.4, 0.5) is 0 Å². The number of methoxy groups -OCH3 is 2. The van der Waals surface area contributed by atoms with Gasteiger partial charge in [-0.25, -0.2) is 4.40 Å². The zero-order valence-corrected chi connectivity index (χ0v) is 15.3. The molecular formula is C19H21N5O3. The van der Waals surface area contributed by atoms with Crippen molar-refractivity contribution in [2.45, 2.75) is 0 Å². The van der Waals surface area contributed by atoms with Crippen LogP contribution in [0, 0.1) is 0 Å². The first kappa shape index (κ1) is 17.3. The molecule has 3 heterocycles. The first-order valence-corrected chi connectivity index (χ1v) is 8.80. The number of carbonyl (C=O) groups is 1. The minimum atomic E-state index is -0.0527. The van der Waals surface area contributed by atoms with Crippen LogP contribution >= 0.6 is 0 Å². The van der Waals surface area contributed by atoms with Gasteiger partial charge < -0.3 is 19.7 Å². The fourth-order valence-corrected chi connectivity index (χ4v) is 3.34. The molecule has 4 rings (SSSR count). The minimum absolute atomic E-state index is 0.0527. The molecule has 0 radical (unpaired) electrons. The number of benzene rings is 1. The molecule has 1 amide bonds. The van der Waals surface area contributed by atoms with Crippen molar-refractivity contribution < 1.29 is 14.3 Å². The number of nitrogens with one attached hydrogen (secondary N) is 1. The van der Waals surface area contributed by atoms with Crippen LogP contribution in [0.15, 0.2) is 36.4 Å². The molecule has 2 aromatic heterocycles. The summed E-state index contributed by atoms with van der Waals surface area (Å²) in [5, 5.41) is 11.9. The Labute approximate surface area is 156 Å². The number of nitrogens with zero attached hydrogens (tertiary/aromatic N) is 4. The van der Waals surface area contributed by atoms with Crippen molar-refractivity contribution in [1.82, 2.24) is 24.8 Å². The van der Waals surface area contributed by atoms with E-state index in [4.69, 9.17) is 9.47 Å². The number of fused-ring (bicyclic) bond motifs is 1. The van der Waals surface area contributed by atoms with Gasteiger partial charge in [0.15, 0.2) is 11.5 Å². The maximum Gasteiger partial charge on any atom is 0.257 e. The average molecular weight is 367 g/mol. The Morgan fingerprint density at radius 3 is 2.56 bits per heavy atom. The van der Waals surface area contributed by atoms with Crippen molar-refractivity contribution >= 4 is 11.6 Å². The largest absolute Gasteiger partial charge is 0.496 e. The third-order valence-electron chi connectivity index (χ3n) is 4.71. The Bertz CT molecular complexity index is 979. The summed E-state index contributed by atoms with van der Waals surface area (Å²) >= 11 is 0. The number of amides is 1. The molecule has 1 N–H and O–H groups in total. The van der Waals surface area contributed by atoms with Gasteiger partial charge in [0.05, 0.1) is 25.3 Å². The molecule has 0 unspecified atom stereocenters. The van der Waals surface area contributed by atoms with Gasteiger partial charge in [-0.1, -0.05) is 12.1 Å². The van der Waals surface area contributed by atoms with Gasteiger partial charge in [-0.05, 0) is 24.3 Å². The number of piperazine rings is 1. The first-order valence-electron chi connectivity index (χ1n) is 8.80. The van der Waals surface area contributed by atoms with Crippen LogP contribution in [0.25, 0.3) is 17.0 Å². The Kier molecular flexibility index (Phi) is 4.64. The zero-order valence-electron chi connectivity index (χ0n) is 15.3. The summed E-state index contributed by atoms with van der Waals surface area (Å²) in [5.74, 6) is 1.73. The number of ether oxygens (including phenoxy) is 2. The predicted octanol–water partition coefficient (Wildman–Crippen LogP) is 1.46. The third kappa shape index (κ3) is 2.97. The van der Waals surface area contributed by atoms with Gasteiger partial charge >= 0.3 is 0 Å². The quantitative estimate of drug-likeness (QED) is 0.752. The average Bonchev–Trinajstić information content (AvgIpc) is 3.18. The zero-order chi connectivity index (χ0) is 18.8. The molecule has 140 valence electrons. The highest BCUT2D eigenvalue weighted by Gasteiger charge is 2.24. The lowest BCUT2D eigenvalue weighted by Gasteiger charge is -2.27. The van der Waals surface area contributed by atoms with E-state index in [1.165, 1.54) is 0 Å². The van der Waals surface area contributed by atoms with Crippen molar-refractivity contribution in [1.29, 1.82) is 0 Å². The molecule has 0 spiro atoms. The molecule has 1 aliphatic rings. The van der Waals surface area contributed by atoms with Crippen molar-refractivity contribution in [3.63, 3.8) is 0 Å². The number of hydrogen-bond donors (Lipinski definition) is 1. The fraction of sp³-hybridized carbons (Fsp3) is 0.316. The summed E-state index contributed by atoms with van der Waals surface area (Å²) in [6, 6.07) is 11.1. The summed E-state index contributed by atoms with van der Waals surface area (Å²) in [6.07, 6.45) is 0. The molecule has 1 aromatic carbocycles. The molecule has 1 saturated heterocycles. The van der Waals surface area contributed by atoms with Crippen molar-refractivity contribution in [2.75, 3.05) is 40.4 Å². The van der Waals surface area contributed by atoms with E-state index in [0.29, 0.717) is 41.8 Å². The van der Waals surface area contributed by atoms with Crippen LogP contribution in [0.1, 0.15) is 10.4 Å². The molecule has 8 nitrogen and oxygen atoms in total. The van der Waals surface area contributed by atoms with Crippen LogP contribution in [-0.2, 0) is 0 Å². The van der Waals surface area contributed by atoms with E-state index < -0.39 is 0 Å². The molecule has 3 aromatic rings. The van der Waals surface area contributed by atoms with Gasteiger partial charge in [0.2, 0.25) is 5.88 Å². The smallest absolute Gasteiger partial charge is 0.257 e. The van der Waals surface area contributed by atoms with Crippen LogP contribution in [0.2, 0.25) is 0 Å². The standard InChI is InChI=1S/C19H21N5O3/c1-26-15-6-4-3-5-13(15)17-21-22-18-14(7-8-16(27-2)24(17)18)19(25)23-11-9-20-10-12-23/h3-8,20H,9-12H2,1-2H3. The van der Waals surface area contributed by atoms with Gasteiger partial charge in [0, 0.05) is 26.2 Å². The second kappa shape index (κ2) is 7.24. The van der Waals surface area contributed by atoms with Gasteiger partial charge in [-0.2, -0.15) is 0 Å².